The van der Waals surface area contributed by atoms with Crippen molar-refractivity contribution in [3.8, 4) is 0 Å². The number of nitrogens with two attached hydrogens (primary N) is 1. The number of hydrogen-bond donors (Lipinski definition) is 3. The molecule has 0 aromatic heterocycles. The lowest BCUT2D eigenvalue weighted by molar-refractivity contribution is -0.161. The van der Waals surface area contributed by atoms with E-state index in [0.717, 1.165) is 57.8 Å². The van der Waals surface area contributed by atoms with Crippen LogP contribution in [0.4, 0.5) is 0 Å². The molecule has 0 bridgehead atoms. The SMILES string of the molecule is CC/C=C\CC1OC1C/C=C\C/C=C\C/C=C\C/C=C\CCC(=O)OC[C@H](COP(=O)(O)OC[C@H](N)C(=O)O)OC(=O)CCCCCCCCCCCCCCCCCCC. The highest BCUT2D eigenvalue weighted by Gasteiger charge is 2.36. The van der Waals surface area contributed by atoms with Crippen LogP contribution >= 0.6 is 7.82 Å². The summed E-state index contributed by atoms with van der Waals surface area (Å²) in [5.74, 6) is -2.49. The summed E-state index contributed by atoms with van der Waals surface area (Å²) in [4.78, 5) is 46.0. The third-order valence-electron chi connectivity index (χ3n) is 10.2. The fourth-order valence-electron chi connectivity index (χ4n) is 6.43. The van der Waals surface area contributed by atoms with Gasteiger partial charge in [-0.05, 0) is 51.4 Å². The van der Waals surface area contributed by atoms with Gasteiger partial charge >= 0.3 is 25.7 Å². The van der Waals surface area contributed by atoms with Gasteiger partial charge in [0.15, 0.2) is 6.10 Å². The van der Waals surface area contributed by atoms with Crippen LogP contribution in [0.25, 0.3) is 0 Å². The summed E-state index contributed by atoms with van der Waals surface area (Å²) < 4.78 is 38.4. The van der Waals surface area contributed by atoms with Crippen molar-refractivity contribution in [2.45, 2.75) is 205 Å². The predicted molar refractivity (Wildman–Crippen MR) is 244 cm³/mol. The first kappa shape index (κ1) is 56.2. The molecule has 4 N–H and O–H groups in total. The number of phosphoric ester groups is 1. The summed E-state index contributed by atoms with van der Waals surface area (Å²) in [5, 5.41) is 8.90. The maximum Gasteiger partial charge on any atom is 0.472 e. The number of unbranched alkanes of at least 4 members (excludes halogenated alkanes) is 16. The molecule has 12 nitrogen and oxygen atoms in total. The van der Waals surface area contributed by atoms with Crippen molar-refractivity contribution < 1.29 is 52.2 Å². The summed E-state index contributed by atoms with van der Waals surface area (Å²) in [6.45, 7) is 2.62. The highest BCUT2D eigenvalue weighted by molar-refractivity contribution is 7.47. The van der Waals surface area contributed by atoms with Crippen molar-refractivity contribution in [3.05, 3.63) is 60.8 Å². The van der Waals surface area contributed by atoms with Crippen molar-refractivity contribution in [1.82, 2.24) is 0 Å². The van der Waals surface area contributed by atoms with Crippen LogP contribution in [-0.2, 0) is 42.2 Å². The van der Waals surface area contributed by atoms with Crippen molar-refractivity contribution in [2.24, 2.45) is 5.73 Å². The second-order valence-corrected chi connectivity index (χ2v) is 17.4. The molecule has 1 saturated heterocycles. The largest absolute Gasteiger partial charge is 0.480 e. The summed E-state index contributed by atoms with van der Waals surface area (Å²) in [5.41, 5.74) is 5.34. The zero-order valence-electron chi connectivity index (χ0n) is 37.7. The Hall–Kier alpha value is -2.86. The highest BCUT2D eigenvalue weighted by atomic mass is 31.2. The number of carbonyl (C=O) groups is 3. The molecule has 0 radical (unpaired) electrons. The van der Waals surface area contributed by atoms with E-state index in [-0.39, 0.29) is 19.4 Å². The number of esters is 2. The molecule has 0 aromatic carbocycles. The molecule has 61 heavy (non-hydrogen) atoms. The van der Waals surface area contributed by atoms with E-state index in [1.54, 1.807) is 0 Å². The Morgan fingerprint density at radius 2 is 1.07 bits per heavy atom. The molecule has 13 heteroatoms. The summed E-state index contributed by atoms with van der Waals surface area (Å²) >= 11 is 0. The number of hydrogen-bond acceptors (Lipinski definition) is 10. The average molecular weight is 880 g/mol. The second kappa shape index (κ2) is 38.8. The van der Waals surface area contributed by atoms with Gasteiger partial charge < -0.3 is 29.9 Å². The van der Waals surface area contributed by atoms with Crippen LogP contribution in [0, 0.1) is 0 Å². The van der Waals surface area contributed by atoms with E-state index in [0.29, 0.717) is 25.0 Å². The van der Waals surface area contributed by atoms with Gasteiger partial charge in [0.05, 0.1) is 25.4 Å². The number of allylic oxidation sites excluding steroid dienone is 8. The molecular formula is C48H82NO11P. The summed E-state index contributed by atoms with van der Waals surface area (Å²) in [6.07, 6.45) is 47.6. The summed E-state index contributed by atoms with van der Waals surface area (Å²) in [7, 11) is -4.74. The van der Waals surface area contributed by atoms with Crippen LogP contribution in [-0.4, -0.2) is 72.1 Å². The van der Waals surface area contributed by atoms with E-state index in [1.807, 2.05) is 12.2 Å². The van der Waals surface area contributed by atoms with Gasteiger partial charge in [0, 0.05) is 12.8 Å². The Morgan fingerprint density at radius 1 is 0.607 bits per heavy atom. The number of carboxylic acid groups (broad SMARTS) is 1. The fourth-order valence-corrected chi connectivity index (χ4v) is 7.21. The van der Waals surface area contributed by atoms with Crippen LogP contribution in [0.5, 0.6) is 0 Å². The number of epoxide rings is 1. The number of carbonyl (C=O) groups excluding carboxylic acids is 2. The van der Waals surface area contributed by atoms with Crippen LogP contribution in [0.3, 0.4) is 0 Å². The molecule has 1 rings (SSSR count). The fraction of sp³-hybridized carbons (Fsp3) is 0.729. The molecule has 3 unspecified atom stereocenters. The Kier molecular flexibility index (Phi) is 35.7. The lowest BCUT2D eigenvalue weighted by atomic mass is 10.0. The quantitative estimate of drug-likeness (QED) is 0.0174. The first-order chi connectivity index (χ1) is 29.6. The number of phosphoric acid groups is 1. The highest BCUT2D eigenvalue weighted by Crippen LogP contribution is 2.43. The first-order valence-electron chi connectivity index (χ1n) is 23.4. The van der Waals surface area contributed by atoms with Crippen LogP contribution in [0.2, 0.25) is 0 Å². The number of carboxylic acids is 1. The van der Waals surface area contributed by atoms with Crippen molar-refractivity contribution in [1.29, 1.82) is 0 Å². The molecule has 1 heterocycles. The van der Waals surface area contributed by atoms with Crippen LogP contribution in [0.1, 0.15) is 181 Å². The predicted octanol–water partition coefficient (Wildman–Crippen LogP) is 11.7. The van der Waals surface area contributed by atoms with Gasteiger partial charge in [-0.25, -0.2) is 4.57 Å². The summed E-state index contributed by atoms with van der Waals surface area (Å²) in [6, 6.07) is -1.53. The minimum Gasteiger partial charge on any atom is -0.480 e. The van der Waals surface area contributed by atoms with E-state index >= 15 is 0 Å². The number of ether oxygens (including phenoxy) is 3. The second-order valence-electron chi connectivity index (χ2n) is 15.9. The van der Waals surface area contributed by atoms with Gasteiger partial charge in [-0.3, -0.25) is 23.4 Å². The van der Waals surface area contributed by atoms with Gasteiger partial charge in [0.1, 0.15) is 12.6 Å². The number of rotatable bonds is 42. The van der Waals surface area contributed by atoms with Crippen molar-refractivity contribution in [3.63, 3.8) is 0 Å². The Balaban J connectivity index is 2.29. The average Bonchev–Trinajstić information content (AvgIpc) is 3.99. The molecule has 0 amide bonds. The molecule has 1 aliphatic heterocycles. The molecular weight excluding hydrogens is 797 g/mol. The van der Waals surface area contributed by atoms with E-state index < -0.39 is 51.1 Å². The molecule has 0 spiro atoms. The van der Waals surface area contributed by atoms with Gasteiger partial charge in [-0.15, -0.1) is 0 Å². The van der Waals surface area contributed by atoms with E-state index in [2.05, 4.69) is 67.0 Å². The molecule has 0 aromatic rings. The molecule has 1 aliphatic rings. The lowest BCUT2D eigenvalue weighted by Crippen LogP contribution is -2.34. The Bertz CT molecular complexity index is 1330. The molecule has 5 atom stereocenters. The monoisotopic (exact) mass is 880 g/mol. The standard InChI is InChI=1S/C48H82NO11P/c1-3-5-7-8-9-10-11-12-13-14-15-16-21-24-27-30-34-38-47(51)59-42(40-57-61(54,55)58-41-43(49)48(52)53)39-56-46(50)37-33-29-26-23-20-18-17-19-22-25-28-32-36-45-44(60-45)35-31-6-4-2/h6,18-20,22,26,28-29,31-32,42-45H,3-5,7-17,21,23-25,27,30,33-41,49H2,1-2H3,(H,52,53)(H,54,55)/b20-18-,22-19-,29-26-,31-6-,32-28-/t42-,43+,44?,45?/m1/s1. The molecule has 350 valence electrons. The maximum atomic E-state index is 12.7. The van der Waals surface area contributed by atoms with Crippen molar-refractivity contribution in [2.75, 3.05) is 19.8 Å². The molecule has 1 fully saturated rings. The zero-order chi connectivity index (χ0) is 44.7. The Morgan fingerprint density at radius 3 is 1.57 bits per heavy atom. The van der Waals surface area contributed by atoms with Gasteiger partial charge in [0.2, 0.25) is 0 Å². The Labute approximate surface area is 368 Å². The van der Waals surface area contributed by atoms with E-state index in [1.165, 1.54) is 83.5 Å². The van der Waals surface area contributed by atoms with E-state index in [4.69, 9.17) is 29.6 Å². The molecule has 0 saturated carbocycles. The van der Waals surface area contributed by atoms with Gasteiger partial charge in [-0.2, -0.15) is 0 Å². The third-order valence-corrected chi connectivity index (χ3v) is 11.1. The normalized spacial score (nSPS) is 17.5. The smallest absolute Gasteiger partial charge is 0.472 e. The number of aliphatic carboxylic acids is 1. The maximum absolute atomic E-state index is 12.7. The van der Waals surface area contributed by atoms with Crippen LogP contribution in [0.15, 0.2) is 60.8 Å². The minimum absolute atomic E-state index is 0.0926. The van der Waals surface area contributed by atoms with Crippen LogP contribution < -0.4 is 5.73 Å². The first-order valence-corrected chi connectivity index (χ1v) is 24.9. The van der Waals surface area contributed by atoms with E-state index in [9.17, 15) is 23.8 Å². The van der Waals surface area contributed by atoms with Crippen molar-refractivity contribution >= 4 is 25.7 Å². The lowest BCUT2D eigenvalue weighted by Gasteiger charge is -2.20. The minimum atomic E-state index is -4.74. The third kappa shape index (κ3) is 36.3. The van der Waals surface area contributed by atoms with Gasteiger partial charge in [-0.1, -0.05) is 177 Å². The molecule has 0 aliphatic carbocycles. The van der Waals surface area contributed by atoms with Gasteiger partial charge in [0.25, 0.3) is 0 Å². The topological polar surface area (TPSA) is 184 Å². The zero-order valence-corrected chi connectivity index (χ0v) is 38.6.